The average Bonchev–Trinajstić information content (AvgIpc) is 2.20. The van der Waals surface area contributed by atoms with E-state index in [0.717, 1.165) is 10.8 Å². The van der Waals surface area contributed by atoms with Crippen LogP contribution in [0.2, 0.25) is 0 Å². The Hall–Kier alpha value is -0.410. The number of aromatic nitrogens is 1. The maximum atomic E-state index is 5.77. The van der Waals surface area contributed by atoms with Gasteiger partial charge in [-0.15, -0.1) is 11.6 Å². The summed E-state index contributed by atoms with van der Waals surface area (Å²) in [5, 5.41) is 1.26. The Morgan fingerprint density at radius 1 is 1.47 bits per heavy atom. The quantitative estimate of drug-likeness (QED) is 0.585. The van der Waals surface area contributed by atoms with Crippen molar-refractivity contribution in [2.75, 3.05) is 5.88 Å². The molecule has 84 valence electrons. The number of thioether (sulfide) groups is 1. The van der Waals surface area contributed by atoms with Crippen LogP contribution in [0.15, 0.2) is 23.4 Å². The number of halogens is 1. The van der Waals surface area contributed by atoms with Crippen LogP contribution in [-0.4, -0.2) is 22.2 Å². The van der Waals surface area contributed by atoms with E-state index in [1.165, 1.54) is 0 Å². The van der Waals surface area contributed by atoms with Gasteiger partial charge in [-0.2, -0.15) is 0 Å². The molecule has 0 bridgehead atoms. The summed E-state index contributed by atoms with van der Waals surface area (Å²) in [6, 6.07) is 3.82. The molecule has 0 N–H and O–H groups in total. The van der Waals surface area contributed by atoms with Crippen molar-refractivity contribution < 1.29 is 4.74 Å². The number of rotatable bonds is 5. The Balaban J connectivity index is 2.76. The van der Waals surface area contributed by atoms with Gasteiger partial charge in [-0.25, -0.2) is 4.98 Å². The fraction of sp³-hybridized carbons (Fsp3) is 0.545. The summed E-state index contributed by atoms with van der Waals surface area (Å²) >= 11 is 7.41. The van der Waals surface area contributed by atoms with E-state index in [1.807, 2.05) is 26.0 Å². The third-order valence-corrected chi connectivity index (χ3v) is 3.37. The van der Waals surface area contributed by atoms with E-state index < -0.39 is 0 Å². The number of pyridine rings is 1. The van der Waals surface area contributed by atoms with Gasteiger partial charge in [0.25, 0.3) is 0 Å². The van der Waals surface area contributed by atoms with Gasteiger partial charge in [-0.1, -0.05) is 18.7 Å². The highest BCUT2D eigenvalue weighted by Crippen LogP contribution is 2.30. The van der Waals surface area contributed by atoms with Gasteiger partial charge >= 0.3 is 0 Å². The first-order chi connectivity index (χ1) is 7.13. The minimum absolute atomic E-state index is 0.167. The summed E-state index contributed by atoms with van der Waals surface area (Å²) in [5.74, 6) is 1.46. The Labute approximate surface area is 100 Å². The maximum Gasteiger partial charge on any atom is 0.151 e. The van der Waals surface area contributed by atoms with Crippen molar-refractivity contribution in [3.8, 4) is 5.75 Å². The first-order valence-corrected chi connectivity index (χ1v) is 6.39. The second-order valence-electron chi connectivity index (χ2n) is 3.56. The molecule has 0 spiro atoms. The zero-order valence-corrected chi connectivity index (χ0v) is 10.8. The lowest BCUT2D eigenvalue weighted by atomic mass is 10.4. The summed E-state index contributed by atoms with van der Waals surface area (Å²) < 4.78 is 5.66. The van der Waals surface area contributed by atoms with Crippen molar-refractivity contribution in [3.63, 3.8) is 0 Å². The minimum Gasteiger partial charge on any atom is -0.488 e. The fourth-order valence-electron chi connectivity index (χ4n) is 1.03. The zero-order chi connectivity index (χ0) is 11.3. The van der Waals surface area contributed by atoms with Crippen molar-refractivity contribution >= 4 is 23.4 Å². The van der Waals surface area contributed by atoms with E-state index in [1.54, 1.807) is 18.0 Å². The van der Waals surface area contributed by atoms with Gasteiger partial charge in [0.15, 0.2) is 5.75 Å². The molecule has 2 nitrogen and oxygen atoms in total. The van der Waals surface area contributed by atoms with E-state index >= 15 is 0 Å². The third-order valence-electron chi connectivity index (χ3n) is 1.63. The molecule has 0 amide bonds. The van der Waals surface area contributed by atoms with Crippen LogP contribution in [0.1, 0.15) is 20.8 Å². The molecule has 0 saturated carbocycles. The number of nitrogens with zero attached hydrogens (tertiary/aromatic N) is 1. The molecule has 0 saturated heterocycles. The van der Waals surface area contributed by atoms with E-state index in [-0.39, 0.29) is 6.10 Å². The predicted octanol–water partition coefficient (Wildman–Crippen LogP) is 3.59. The summed E-state index contributed by atoms with van der Waals surface area (Å²) in [6.45, 7) is 6.09. The van der Waals surface area contributed by atoms with Crippen LogP contribution in [0.25, 0.3) is 0 Å². The second-order valence-corrected chi connectivity index (χ2v) is 5.29. The van der Waals surface area contributed by atoms with Gasteiger partial charge in [0, 0.05) is 17.3 Å². The molecular weight excluding hydrogens is 230 g/mol. The van der Waals surface area contributed by atoms with Crippen LogP contribution in [0.3, 0.4) is 0 Å². The molecule has 15 heavy (non-hydrogen) atoms. The van der Waals surface area contributed by atoms with Gasteiger partial charge in [0.05, 0.1) is 6.10 Å². The zero-order valence-electron chi connectivity index (χ0n) is 9.24. The Morgan fingerprint density at radius 3 is 2.80 bits per heavy atom. The van der Waals surface area contributed by atoms with Crippen LogP contribution in [0.5, 0.6) is 5.75 Å². The van der Waals surface area contributed by atoms with E-state index in [4.69, 9.17) is 16.3 Å². The van der Waals surface area contributed by atoms with Gasteiger partial charge in [-0.05, 0) is 26.0 Å². The lowest BCUT2D eigenvalue weighted by Crippen LogP contribution is -2.08. The number of hydrogen-bond donors (Lipinski definition) is 0. The van der Waals surface area contributed by atoms with Crippen molar-refractivity contribution in [1.82, 2.24) is 4.98 Å². The Kier molecular flexibility index (Phi) is 5.26. The second kappa shape index (κ2) is 6.23. The molecule has 1 atom stereocenters. The Bertz CT molecular complexity index is 306. The van der Waals surface area contributed by atoms with Crippen LogP contribution in [-0.2, 0) is 0 Å². The number of ether oxygens (including phenoxy) is 1. The van der Waals surface area contributed by atoms with Crippen molar-refractivity contribution in [3.05, 3.63) is 18.3 Å². The molecule has 0 aliphatic heterocycles. The molecular formula is C11H16ClNOS. The molecule has 1 aromatic heterocycles. The molecule has 1 heterocycles. The highest BCUT2D eigenvalue weighted by molar-refractivity contribution is 8.00. The SMILES string of the molecule is CC(C)Oc1cccnc1SC(C)CCl. The molecule has 0 fully saturated rings. The maximum absolute atomic E-state index is 5.77. The lowest BCUT2D eigenvalue weighted by molar-refractivity contribution is 0.234. The third kappa shape index (κ3) is 4.31. The molecule has 0 radical (unpaired) electrons. The summed E-state index contributed by atoms with van der Waals surface area (Å²) in [7, 11) is 0. The standard InChI is InChI=1S/C11H16ClNOS/c1-8(2)14-10-5-4-6-13-11(10)15-9(3)7-12/h4-6,8-9H,7H2,1-3H3. The van der Waals surface area contributed by atoms with Gasteiger partial charge in [0.2, 0.25) is 0 Å². The van der Waals surface area contributed by atoms with Gasteiger partial charge in [-0.3, -0.25) is 0 Å². The van der Waals surface area contributed by atoms with Crippen LogP contribution in [0, 0.1) is 0 Å². The summed E-state index contributed by atoms with van der Waals surface area (Å²) in [6.07, 6.45) is 1.94. The van der Waals surface area contributed by atoms with Crippen molar-refractivity contribution in [2.24, 2.45) is 0 Å². The minimum atomic E-state index is 0.167. The highest BCUT2D eigenvalue weighted by Gasteiger charge is 2.10. The van der Waals surface area contributed by atoms with Crippen LogP contribution < -0.4 is 4.74 Å². The topological polar surface area (TPSA) is 22.1 Å². The molecule has 1 unspecified atom stereocenters. The van der Waals surface area contributed by atoms with E-state index in [2.05, 4.69) is 11.9 Å². The fourth-order valence-corrected chi connectivity index (χ4v) is 2.02. The smallest absolute Gasteiger partial charge is 0.151 e. The molecule has 1 aromatic rings. The summed E-state index contributed by atoms with van der Waals surface area (Å²) in [4.78, 5) is 4.30. The lowest BCUT2D eigenvalue weighted by Gasteiger charge is -2.14. The molecule has 1 rings (SSSR count). The molecule has 0 aliphatic rings. The van der Waals surface area contributed by atoms with Crippen molar-refractivity contribution in [1.29, 1.82) is 0 Å². The summed E-state index contributed by atoms with van der Waals surface area (Å²) in [5.41, 5.74) is 0. The average molecular weight is 246 g/mol. The first-order valence-electron chi connectivity index (χ1n) is 4.97. The van der Waals surface area contributed by atoms with Gasteiger partial charge in [0.1, 0.15) is 5.03 Å². The van der Waals surface area contributed by atoms with Crippen LogP contribution in [0.4, 0.5) is 0 Å². The largest absolute Gasteiger partial charge is 0.488 e. The first kappa shape index (κ1) is 12.7. The normalized spacial score (nSPS) is 12.9. The monoisotopic (exact) mass is 245 g/mol. The molecule has 0 aliphatic carbocycles. The van der Waals surface area contributed by atoms with Crippen molar-refractivity contribution in [2.45, 2.75) is 37.2 Å². The number of alkyl halides is 1. The highest BCUT2D eigenvalue weighted by atomic mass is 35.5. The number of hydrogen-bond acceptors (Lipinski definition) is 3. The molecule has 0 aromatic carbocycles. The van der Waals surface area contributed by atoms with E-state index in [9.17, 15) is 0 Å². The predicted molar refractivity (Wildman–Crippen MR) is 66.0 cm³/mol. The van der Waals surface area contributed by atoms with E-state index in [0.29, 0.717) is 11.1 Å². The van der Waals surface area contributed by atoms with Gasteiger partial charge < -0.3 is 4.74 Å². The van der Waals surface area contributed by atoms with Crippen LogP contribution >= 0.6 is 23.4 Å². The Morgan fingerprint density at radius 2 is 2.20 bits per heavy atom. The molecule has 4 heteroatoms.